The summed E-state index contributed by atoms with van der Waals surface area (Å²) in [6.07, 6.45) is 1.48. The first kappa shape index (κ1) is 22.7. The van der Waals surface area contributed by atoms with Crippen molar-refractivity contribution in [3.8, 4) is 5.75 Å². The van der Waals surface area contributed by atoms with Crippen LogP contribution in [0.15, 0.2) is 90.0 Å². The molecule has 0 aromatic heterocycles. The van der Waals surface area contributed by atoms with E-state index in [1.807, 2.05) is 74.5 Å². The second kappa shape index (κ2) is 10.9. The van der Waals surface area contributed by atoms with Crippen LogP contribution in [-0.2, 0) is 9.59 Å². The van der Waals surface area contributed by atoms with Crippen LogP contribution in [0.4, 0.5) is 0 Å². The minimum Gasteiger partial charge on any atom is -0.508 e. The van der Waals surface area contributed by atoms with E-state index in [1.165, 1.54) is 18.3 Å². The first-order chi connectivity index (χ1) is 15.5. The number of nitrogens with one attached hydrogen (secondary N) is 2. The van der Waals surface area contributed by atoms with E-state index < -0.39 is 17.9 Å². The molecule has 164 valence electrons. The van der Waals surface area contributed by atoms with Crippen LogP contribution in [0.25, 0.3) is 0 Å². The van der Waals surface area contributed by atoms with Crippen LogP contribution in [0, 0.1) is 5.92 Å². The van der Waals surface area contributed by atoms with E-state index in [2.05, 4.69) is 15.8 Å². The summed E-state index contributed by atoms with van der Waals surface area (Å²) in [5, 5.41) is 16.2. The Labute approximate surface area is 188 Å². The molecule has 0 radical (unpaired) electrons. The molecule has 6 heteroatoms. The van der Waals surface area contributed by atoms with Gasteiger partial charge in [-0.3, -0.25) is 9.59 Å². The number of phenols is 1. The summed E-state index contributed by atoms with van der Waals surface area (Å²) in [5.74, 6) is -1.18. The van der Waals surface area contributed by atoms with E-state index in [4.69, 9.17) is 0 Å². The predicted octanol–water partition coefficient (Wildman–Crippen LogP) is 3.82. The Bertz CT molecular complexity index is 1010. The van der Waals surface area contributed by atoms with Gasteiger partial charge in [-0.15, -0.1) is 0 Å². The Morgan fingerprint density at radius 3 is 1.84 bits per heavy atom. The van der Waals surface area contributed by atoms with Crippen molar-refractivity contribution >= 4 is 18.0 Å². The van der Waals surface area contributed by atoms with Crippen molar-refractivity contribution in [3.05, 3.63) is 102 Å². The molecule has 6 nitrogen and oxygen atoms in total. The quantitative estimate of drug-likeness (QED) is 0.376. The Morgan fingerprint density at radius 2 is 1.34 bits per heavy atom. The summed E-state index contributed by atoms with van der Waals surface area (Å²) in [7, 11) is 0. The van der Waals surface area contributed by atoms with Crippen molar-refractivity contribution in [3.63, 3.8) is 0 Å². The van der Waals surface area contributed by atoms with Crippen LogP contribution in [0.3, 0.4) is 0 Å². The zero-order chi connectivity index (χ0) is 22.9. The fraction of sp³-hybridized carbons (Fsp3) is 0.192. The highest BCUT2D eigenvalue weighted by Crippen LogP contribution is 2.25. The van der Waals surface area contributed by atoms with Crippen LogP contribution >= 0.6 is 0 Å². The van der Waals surface area contributed by atoms with Crippen LogP contribution in [0.1, 0.15) is 36.5 Å². The van der Waals surface area contributed by atoms with E-state index in [0.29, 0.717) is 0 Å². The average Bonchev–Trinajstić information content (AvgIpc) is 2.80. The monoisotopic (exact) mass is 429 g/mol. The highest BCUT2D eigenvalue weighted by molar-refractivity contribution is 5.93. The molecule has 0 unspecified atom stereocenters. The number of carbonyl (C=O) groups is 2. The fourth-order valence-electron chi connectivity index (χ4n) is 3.36. The third kappa shape index (κ3) is 6.04. The lowest BCUT2D eigenvalue weighted by Gasteiger charge is -2.24. The van der Waals surface area contributed by atoms with Gasteiger partial charge in [-0.1, -0.05) is 74.5 Å². The topological polar surface area (TPSA) is 90.8 Å². The van der Waals surface area contributed by atoms with Gasteiger partial charge in [0.2, 0.25) is 5.91 Å². The van der Waals surface area contributed by atoms with E-state index in [9.17, 15) is 14.7 Å². The molecule has 3 N–H and O–H groups in total. The molecule has 0 fully saturated rings. The van der Waals surface area contributed by atoms with E-state index >= 15 is 0 Å². The van der Waals surface area contributed by atoms with Gasteiger partial charge in [0.25, 0.3) is 5.91 Å². The van der Waals surface area contributed by atoms with Crippen molar-refractivity contribution in [2.24, 2.45) is 11.0 Å². The summed E-state index contributed by atoms with van der Waals surface area (Å²) in [6, 6.07) is 24.7. The van der Waals surface area contributed by atoms with E-state index in [1.54, 1.807) is 12.1 Å². The standard InChI is InChI=1S/C26H27N3O3/c1-18(2)24(26(32)29-27-17-19-13-15-22(30)16-14-19)28-25(31)23(20-9-5-3-6-10-20)21-11-7-4-8-12-21/h3-18,23-24,30H,1-2H3,(H,28,31)(H,29,32)/b27-17-/t24-/m1/s1. The second-order valence-corrected chi connectivity index (χ2v) is 7.81. The number of amides is 2. The maximum atomic E-state index is 13.3. The molecule has 2 amide bonds. The molecule has 3 aromatic rings. The summed E-state index contributed by atoms with van der Waals surface area (Å²) >= 11 is 0. The molecule has 0 saturated carbocycles. The molecule has 0 aliphatic rings. The normalized spacial score (nSPS) is 12.1. The zero-order valence-electron chi connectivity index (χ0n) is 18.1. The van der Waals surface area contributed by atoms with Gasteiger partial charge >= 0.3 is 0 Å². The first-order valence-electron chi connectivity index (χ1n) is 10.5. The highest BCUT2D eigenvalue weighted by atomic mass is 16.3. The van der Waals surface area contributed by atoms with Crippen molar-refractivity contribution in [2.75, 3.05) is 0 Å². The molecular formula is C26H27N3O3. The van der Waals surface area contributed by atoms with Crippen molar-refractivity contribution < 1.29 is 14.7 Å². The minimum atomic E-state index is -0.755. The van der Waals surface area contributed by atoms with Crippen molar-refractivity contribution in [1.82, 2.24) is 10.7 Å². The molecular weight excluding hydrogens is 402 g/mol. The van der Waals surface area contributed by atoms with Crippen LogP contribution in [-0.4, -0.2) is 29.2 Å². The lowest BCUT2D eigenvalue weighted by atomic mass is 9.89. The largest absolute Gasteiger partial charge is 0.508 e. The molecule has 0 aliphatic carbocycles. The Morgan fingerprint density at radius 1 is 0.812 bits per heavy atom. The predicted molar refractivity (Wildman–Crippen MR) is 125 cm³/mol. The molecule has 3 aromatic carbocycles. The number of phenolic OH excluding ortho intramolecular Hbond substituents is 1. The van der Waals surface area contributed by atoms with Gasteiger partial charge in [-0.2, -0.15) is 5.10 Å². The molecule has 3 rings (SSSR count). The maximum Gasteiger partial charge on any atom is 0.262 e. The lowest BCUT2D eigenvalue weighted by molar-refractivity contribution is -0.130. The van der Waals surface area contributed by atoms with Gasteiger partial charge in [0, 0.05) is 0 Å². The lowest BCUT2D eigenvalue weighted by Crippen LogP contribution is -2.50. The van der Waals surface area contributed by atoms with Crippen LogP contribution in [0.2, 0.25) is 0 Å². The molecule has 0 spiro atoms. The zero-order valence-corrected chi connectivity index (χ0v) is 18.1. The molecule has 0 saturated heterocycles. The summed E-state index contributed by atoms with van der Waals surface area (Å²) < 4.78 is 0. The molecule has 32 heavy (non-hydrogen) atoms. The number of hydrogen-bond donors (Lipinski definition) is 3. The third-order valence-electron chi connectivity index (χ3n) is 5.06. The number of nitrogens with zero attached hydrogens (tertiary/aromatic N) is 1. The molecule has 0 aliphatic heterocycles. The number of rotatable bonds is 8. The SMILES string of the molecule is CC(C)[C@@H](NC(=O)C(c1ccccc1)c1ccccc1)C(=O)N/N=C\c1ccc(O)cc1. The van der Waals surface area contributed by atoms with E-state index in [0.717, 1.165) is 16.7 Å². The van der Waals surface area contributed by atoms with Gasteiger partial charge in [-0.05, 0) is 46.9 Å². The number of carbonyl (C=O) groups excluding carboxylic acids is 2. The van der Waals surface area contributed by atoms with E-state index in [-0.39, 0.29) is 17.6 Å². The highest BCUT2D eigenvalue weighted by Gasteiger charge is 2.29. The third-order valence-corrected chi connectivity index (χ3v) is 5.06. The average molecular weight is 430 g/mol. The van der Waals surface area contributed by atoms with Gasteiger partial charge in [-0.25, -0.2) is 5.43 Å². The minimum absolute atomic E-state index is 0.144. The Kier molecular flexibility index (Phi) is 7.75. The molecule has 1 atom stereocenters. The van der Waals surface area contributed by atoms with Gasteiger partial charge in [0.05, 0.1) is 12.1 Å². The number of hydrogen-bond acceptors (Lipinski definition) is 4. The van der Waals surface area contributed by atoms with Gasteiger partial charge in [0.1, 0.15) is 11.8 Å². The maximum absolute atomic E-state index is 13.3. The second-order valence-electron chi connectivity index (χ2n) is 7.81. The van der Waals surface area contributed by atoms with Crippen molar-refractivity contribution in [2.45, 2.75) is 25.8 Å². The first-order valence-corrected chi connectivity index (χ1v) is 10.5. The Balaban J connectivity index is 1.75. The van der Waals surface area contributed by atoms with Crippen LogP contribution < -0.4 is 10.7 Å². The fourth-order valence-corrected chi connectivity index (χ4v) is 3.36. The summed E-state index contributed by atoms with van der Waals surface area (Å²) in [6.45, 7) is 3.74. The van der Waals surface area contributed by atoms with Crippen molar-refractivity contribution in [1.29, 1.82) is 0 Å². The number of hydrazone groups is 1. The number of benzene rings is 3. The molecule has 0 heterocycles. The van der Waals surface area contributed by atoms with Gasteiger partial charge in [0.15, 0.2) is 0 Å². The number of aromatic hydroxyl groups is 1. The Hall–Kier alpha value is -3.93. The summed E-state index contributed by atoms with van der Waals surface area (Å²) in [5.41, 5.74) is 4.93. The van der Waals surface area contributed by atoms with Crippen LogP contribution in [0.5, 0.6) is 5.75 Å². The smallest absolute Gasteiger partial charge is 0.262 e. The molecule has 0 bridgehead atoms. The summed E-state index contributed by atoms with van der Waals surface area (Å²) in [4.78, 5) is 26.1. The van der Waals surface area contributed by atoms with Gasteiger partial charge < -0.3 is 10.4 Å².